The van der Waals surface area contributed by atoms with Crippen LogP contribution in [0.15, 0.2) is 41.2 Å². The molecule has 1 aromatic carbocycles. The van der Waals surface area contributed by atoms with Crippen LogP contribution in [0.1, 0.15) is 18.6 Å². The molecule has 0 unspecified atom stereocenters. The average Bonchev–Trinajstić information content (AvgIpc) is 3.36. The number of rotatable bonds is 6. The van der Waals surface area contributed by atoms with E-state index in [1.165, 1.54) is 0 Å². The van der Waals surface area contributed by atoms with Crippen molar-refractivity contribution >= 4 is 11.3 Å². The molecule has 27 heavy (non-hydrogen) atoms. The Balaban J connectivity index is 1.71. The Morgan fingerprint density at radius 1 is 1.22 bits per heavy atom. The third-order valence-electron chi connectivity index (χ3n) is 4.24. The standard InChI is InChI=1S/C18H19N7O2/c1-4-17-20-16(23-27-17)10-24(2)15-9-14(22-25-11-19-21-18(15)25)12-5-7-13(26-3)8-6-12/h5-9,11H,4,10H2,1-3H3. The molecule has 4 aromatic rings. The van der Waals surface area contributed by atoms with E-state index in [4.69, 9.17) is 9.26 Å². The Bertz CT molecular complexity index is 1060. The Kier molecular flexibility index (Phi) is 4.41. The molecule has 0 N–H and O–H groups in total. The van der Waals surface area contributed by atoms with Crippen LogP contribution < -0.4 is 9.64 Å². The highest BCUT2D eigenvalue weighted by molar-refractivity contribution is 5.74. The second-order valence-corrected chi connectivity index (χ2v) is 6.06. The van der Waals surface area contributed by atoms with Crippen molar-refractivity contribution in [1.29, 1.82) is 0 Å². The zero-order valence-electron chi connectivity index (χ0n) is 15.3. The predicted octanol–water partition coefficient (Wildman–Crippen LogP) is 2.38. The summed E-state index contributed by atoms with van der Waals surface area (Å²) in [6.07, 6.45) is 2.30. The maximum absolute atomic E-state index is 5.23. The van der Waals surface area contributed by atoms with E-state index in [1.54, 1.807) is 18.0 Å². The lowest BCUT2D eigenvalue weighted by molar-refractivity contribution is 0.376. The lowest BCUT2D eigenvalue weighted by Gasteiger charge is -2.18. The van der Waals surface area contributed by atoms with E-state index in [1.807, 2.05) is 49.2 Å². The average molecular weight is 365 g/mol. The first-order valence-electron chi connectivity index (χ1n) is 8.56. The Morgan fingerprint density at radius 2 is 2.04 bits per heavy atom. The normalized spacial score (nSPS) is 11.1. The van der Waals surface area contributed by atoms with Crippen LogP contribution in [0, 0.1) is 0 Å². The van der Waals surface area contributed by atoms with Gasteiger partial charge in [-0.2, -0.15) is 14.6 Å². The summed E-state index contributed by atoms with van der Waals surface area (Å²) in [6, 6.07) is 9.72. The van der Waals surface area contributed by atoms with Gasteiger partial charge in [0, 0.05) is 19.0 Å². The molecule has 0 atom stereocenters. The number of hydrogen-bond donors (Lipinski definition) is 0. The molecule has 0 bridgehead atoms. The maximum atomic E-state index is 5.23. The highest BCUT2D eigenvalue weighted by Crippen LogP contribution is 2.27. The van der Waals surface area contributed by atoms with E-state index in [0.717, 1.165) is 22.7 Å². The van der Waals surface area contributed by atoms with E-state index in [9.17, 15) is 0 Å². The van der Waals surface area contributed by atoms with Crippen molar-refractivity contribution in [3.63, 3.8) is 0 Å². The fraction of sp³-hybridized carbons (Fsp3) is 0.278. The number of aromatic nitrogens is 6. The van der Waals surface area contributed by atoms with Gasteiger partial charge in [0.05, 0.1) is 25.0 Å². The number of nitrogens with zero attached hydrogens (tertiary/aromatic N) is 7. The van der Waals surface area contributed by atoms with Gasteiger partial charge in [0.25, 0.3) is 0 Å². The minimum Gasteiger partial charge on any atom is -0.497 e. The predicted molar refractivity (Wildman–Crippen MR) is 98.6 cm³/mol. The largest absolute Gasteiger partial charge is 0.497 e. The van der Waals surface area contributed by atoms with Gasteiger partial charge in [-0.05, 0) is 30.3 Å². The molecule has 0 saturated heterocycles. The molecule has 3 aromatic heterocycles. The molecular weight excluding hydrogens is 346 g/mol. The number of aryl methyl sites for hydroxylation is 1. The summed E-state index contributed by atoms with van der Waals surface area (Å²) in [4.78, 5) is 6.37. The van der Waals surface area contributed by atoms with Gasteiger partial charge in [0.1, 0.15) is 12.1 Å². The first-order chi connectivity index (χ1) is 13.2. The Hall–Kier alpha value is -3.49. The molecule has 9 nitrogen and oxygen atoms in total. The zero-order chi connectivity index (χ0) is 18.8. The minimum atomic E-state index is 0.484. The quantitative estimate of drug-likeness (QED) is 0.514. The first kappa shape index (κ1) is 17.0. The molecule has 4 rings (SSSR count). The van der Waals surface area contributed by atoms with Crippen molar-refractivity contribution in [1.82, 2.24) is 30.0 Å². The SMILES string of the molecule is CCc1nc(CN(C)c2cc(-c3ccc(OC)cc3)nn3cnnc23)no1. The van der Waals surface area contributed by atoms with Gasteiger partial charge in [0.2, 0.25) is 11.5 Å². The summed E-state index contributed by atoms with van der Waals surface area (Å²) in [5, 5.41) is 16.8. The lowest BCUT2D eigenvalue weighted by Crippen LogP contribution is -2.19. The van der Waals surface area contributed by atoms with Crippen LogP contribution in [0.25, 0.3) is 16.9 Å². The number of benzene rings is 1. The lowest BCUT2D eigenvalue weighted by atomic mass is 10.1. The highest BCUT2D eigenvalue weighted by Gasteiger charge is 2.15. The van der Waals surface area contributed by atoms with Gasteiger partial charge in [-0.25, -0.2) is 0 Å². The molecule has 9 heteroatoms. The number of anilines is 1. The molecule has 0 amide bonds. The molecule has 0 aliphatic heterocycles. The first-order valence-corrected chi connectivity index (χ1v) is 8.56. The van der Waals surface area contributed by atoms with Crippen molar-refractivity contribution in [3.8, 4) is 17.0 Å². The van der Waals surface area contributed by atoms with Crippen molar-refractivity contribution in [2.24, 2.45) is 0 Å². The minimum absolute atomic E-state index is 0.484. The van der Waals surface area contributed by atoms with Crippen LogP contribution in [-0.4, -0.2) is 44.1 Å². The van der Waals surface area contributed by atoms with Gasteiger partial charge in [-0.3, -0.25) is 0 Å². The molecule has 0 saturated carbocycles. The van der Waals surface area contributed by atoms with Crippen molar-refractivity contribution < 1.29 is 9.26 Å². The third kappa shape index (κ3) is 3.31. The van der Waals surface area contributed by atoms with E-state index in [-0.39, 0.29) is 0 Å². The van der Waals surface area contributed by atoms with Gasteiger partial charge in [0.15, 0.2) is 5.82 Å². The van der Waals surface area contributed by atoms with Crippen molar-refractivity contribution in [3.05, 3.63) is 48.4 Å². The number of methoxy groups -OCH3 is 1. The van der Waals surface area contributed by atoms with Crippen LogP contribution in [0.3, 0.4) is 0 Å². The molecule has 0 aliphatic carbocycles. The molecular formula is C18H19N7O2. The Morgan fingerprint density at radius 3 is 2.74 bits per heavy atom. The highest BCUT2D eigenvalue weighted by atomic mass is 16.5. The van der Waals surface area contributed by atoms with Crippen LogP contribution in [0.4, 0.5) is 5.69 Å². The second kappa shape index (κ2) is 7.02. The van der Waals surface area contributed by atoms with Crippen LogP contribution in [0.2, 0.25) is 0 Å². The third-order valence-corrected chi connectivity index (χ3v) is 4.24. The summed E-state index contributed by atoms with van der Waals surface area (Å²) in [7, 11) is 3.59. The summed E-state index contributed by atoms with van der Waals surface area (Å²) in [6.45, 7) is 2.46. The van der Waals surface area contributed by atoms with E-state index in [0.29, 0.717) is 30.3 Å². The number of fused-ring (bicyclic) bond motifs is 1. The number of hydrogen-bond acceptors (Lipinski definition) is 8. The number of ether oxygens (including phenoxy) is 1. The fourth-order valence-electron chi connectivity index (χ4n) is 2.79. The zero-order valence-corrected chi connectivity index (χ0v) is 15.3. The molecule has 0 radical (unpaired) electrons. The topological polar surface area (TPSA) is 94.5 Å². The molecule has 0 aliphatic rings. The van der Waals surface area contributed by atoms with E-state index >= 15 is 0 Å². The molecule has 138 valence electrons. The molecule has 3 heterocycles. The van der Waals surface area contributed by atoms with Gasteiger partial charge in [-0.15, -0.1) is 10.2 Å². The van der Waals surface area contributed by atoms with Crippen molar-refractivity contribution in [2.75, 3.05) is 19.1 Å². The van der Waals surface area contributed by atoms with Gasteiger partial charge >= 0.3 is 0 Å². The second-order valence-electron chi connectivity index (χ2n) is 6.06. The van der Waals surface area contributed by atoms with Crippen LogP contribution >= 0.6 is 0 Å². The summed E-state index contributed by atoms with van der Waals surface area (Å²) in [5.41, 5.74) is 3.30. The van der Waals surface area contributed by atoms with E-state index in [2.05, 4.69) is 25.4 Å². The summed E-state index contributed by atoms with van der Waals surface area (Å²) in [5.74, 6) is 2.04. The fourth-order valence-corrected chi connectivity index (χ4v) is 2.79. The monoisotopic (exact) mass is 365 g/mol. The van der Waals surface area contributed by atoms with Crippen molar-refractivity contribution in [2.45, 2.75) is 19.9 Å². The molecule has 0 spiro atoms. The van der Waals surface area contributed by atoms with Gasteiger partial charge in [-0.1, -0.05) is 12.1 Å². The maximum Gasteiger partial charge on any atom is 0.226 e. The summed E-state index contributed by atoms with van der Waals surface area (Å²) >= 11 is 0. The molecule has 0 fully saturated rings. The summed E-state index contributed by atoms with van der Waals surface area (Å²) < 4.78 is 12.1. The Labute approximate surface area is 155 Å². The van der Waals surface area contributed by atoms with Crippen LogP contribution in [-0.2, 0) is 13.0 Å². The van der Waals surface area contributed by atoms with Gasteiger partial charge < -0.3 is 14.2 Å². The van der Waals surface area contributed by atoms with E-state index < -0.39 is 0 Å². The smallest absolute Gasteiger partial charge is 0.226 e. The van der Waals surface area contributed by atoms with Crippen LogP contribution in [0.5, 0.6) is 5.75 Å².